The molecule has 3 rings (SSSR count). The van der Waals surface area contributed by atoms with Crippen molar-refractivity contribution in [2.75, 3.05) is 31.6 Å². The average Bonchev–Trinajstić information content (AvgIpc) is 3.10. The van der Waals surface area contributed by atoms with E-state index in [1.807, 2.05) is 18.2 Å². The summed E-state index contributed by atoms with van der Waals surface area (Å²) in [5, 5.41) is 3.19. The molecule has 0 bridgehead atoms. The van der Waals surface area contributed by atoms with Gasteiger partial charge in [0.15, 0.2) is 0 Å². The molecule has 4 heteroatoms. The van der Waals surface area contributed by atoms with Crippen LogP contribution in [0.15, 0.2) is 35.9 Å². The zero-order chi connectivity index (χ0) is 18.0. The Kier molecular flexibility index (Phi) is 5.30. The summed E-state index contributed by atoms with van der Waals surface area (Å²) in [6.07, 6.45) is 2.24. The van der Waals surface area contributed by atoms with E-state index in [1.165, 1.54) is 11.1 Å². The fraction of sp³-hybridized carbons (Fsp3) is 0.571. The number of hydrogen-bond acceptors (Lipinski definition) is 3. The third-order valence-electron chi connectivity index (χ3n) is 5.48. The molecule has 0 aromatic heterocycles. The fourth-order valence-electron chi connectivity index (χ4n) is 3.84. The number of rotatable bonds is 5. The van der Waals surface area contributed by atoms with Crippen LogP contribution in [0.2, 0.25) is 0 Å². The lowest BCUT2D eigenvalue weighted by atomic mass is 10.1. The third-order valence-corrected chi connectivity index (χ3v) is 5.48. The van der Waals surface area contributed by atoms with Gasteiger partial charge in [-0.3, -0.25) is 9.69 Å². The number of ether oxygens (including phenoxy) is 1. The molecule has 136 valence electrons. The van der Waals surface area contributed by atoms with Crippen molar-refractivity contribution < 1.29 is 9.53 Å². The number of carbonyl (C=O) groups is 1. The van der Waals surface area contributed by atoms with Crippen LogP contribution in [0.25, 0.3) is 0 Å². The topological polar surface area (TPSA) is 41.6 Å². The summed E-state index contributed by atoms with van der Waals surface area (Å²) in [6.45, 7) is 12.9. The third kappa shape index (κ3) is 4.13. The van der Waals surface area contributed by atoms with Gasteiger partial charge in [-0.05, 0) is 36.8 Å². The molecule has 25 heavy (non-hydrogen) atoms. The molecule has 2 atom stereocenters. The molecule has 2 aliphatic rings. The van der Waals surface area contributed by atoms with E-state index in [0.29, 0.717) is 5.92 Å². The van der Waals surface area contributed by atoms with Crippen LogP contribution in [0.1, 0.15) is 33.3 Å². The summed E-state index contributed by atoms with van der Waals surface area (Å²) in [5.74, 6) is 0.532. The minimum Gasteiger partial charge on any atom is -0.379 e. The molecule has 1 saturated carbocycles. The summed E-state index contributed by atoms with van der Waals surface area (Å²) in [6, 6.07) is 8.15. The Morgan fingerprint density at radius 3 is 2.64 bits per heavy atom. The van der Waals surface area contributed by atoms with Crippen molar-refractivity contribution in [2.24, 2.45) is 17.3 Å². The molecule has 1 saturated heterocycles. The number of allylic oxidation sites excluding steroid dienone is 2. The Balaban J connectivity index is 1.69. The maximum Gasteiger partial charge on any atom is 0.228 e. The lowest BCUT2D eigenvalue weighted by molar-refractivity contribution is -0.118. The smallest absolute Gasteiger partial charge is 0.228 e. The molecule has 4 nitrogen and oxygen atoms in total. The van der Waals surface area contributed by atoms with E-state index in [2.05, 4.69) is 50.1 Å². The van der Waals surface area contributed by atoms with Crippen molar-refractivity contribution in [1.82, 2.24) is 4.90 Å². The summed E-state index contributed by atoms with van der Waals surface area (Å²) in [7, 11) is 0. The van der Waals surface area contributed by atoms with Crippen molar-refractivity contribution in [1.29, 1.82) is 0 Å². The highest BCUT2D eigenvalue weighted by Gasteiger charge is 2.60. The standard InChI is InChI=1S/C21H30N2O2/c1-15(2)13-17-19(21(17,3)4)20(24)22-18-8-6-5-7-16(18)14-23-9-11-25-12-10-23/h5-8,13,17,19H,9-12,14H2,1-4H3,(H,22,24)/t17-,19+/m0/s1. The van der Waals surface area contributed by atoms with E-state index in [-0.39, 0.29) is 17.2 Å². The molecule has 1 N–H and O–H groups in total. The molecule has 1 aromatic carbocycles. The van der Waals surface area contributed by atoms with Crippen LogP contribution in [0.4, 0.5) is 5.69 Å². The highest BCUT2D eigenvalue weighted by atomic mass is 16.5. The van der Waals surface area contributed by atoms with Gasteiger partial charge in [0, 0.05) is 25.3 Å². The number of para-hydroxylation sites is 1. The van der Waals surface area contributed by atoms with Gasteiger partial charge in [0.2, 0.25) is 5.91 Å². The number of amides is 1. The molecule has 1 amide bonds. The molecular formula is C21H30N2O2. The summed E-state index contributed by atoms with van der Waals surface area (Å²) in [5.41, 5.74) is 3.44. The predicted octanol–water partition coefficient (Wildman–Crippen LogP) is 3.70. The van der Waals surface area contributed by atoms with Gasteiger partial charge in [0.05, 0.1) is 19.1 Å². The maximum atomic E-state index is 12.9. The molecule has 1 heterocycles. The largest absolute Gasteiger partial charge is 0.379 e. The molecule has 1 aromatic rings. The number of benzene rings is 1. The van der Waals surface area contributed by atoms with Gasteiger partial charge in [0.1, 0.15) is 0 Å². The highest BCUT2D eigenvalue weighted by molar-refractivity contribution is 5.96. The van der Waals surface area contributed by atoms with Gasteiger partial charge in [-0.2, -0.15) is 0 Å². The first kappa shape index (κ1) is 18.2. The molecule has 1 aliphatic heterocycles. The number of carbonyl (C=O) groups excluding carboxylic acids is 1. The number of morpholine rings is 1. The van der Waals surface area contributed by atoms with Crippen LogP contribution in [0, 0.1) is 17.3 Å². The molecule has 2 fully saturated rings. The Hall–Kier alpha value is -1.65. The van der Waals surface area contributed by atoms with Crippen LogP contribution in [-0.4, -0.2) is 37.1 Å². The van der Waals surface area contributed by atoms with Crippen molar-refractivity contribution in [3.8, 4) is 0 Å². The molecule has 0 radical (unpaired) electrons. The Morgan fingerprint density at radius 2 is 1.96 bits per heavy atom. The Labute approximate surface area is 151 Å². The predicted molar refractivity (Wildman–Crippen MR) is 101 cm³/mol. The normalized spacial score (nSPS) is 25.3. The molecule has 0 unspecified atom stereocenters. The lowest BCUT2D eigenvalue weighted by Crippen LogP contribution is -2.35. The van der Waals surface area contributed by atoms with E-state index >= 15 is 0 Å². The second-order valence-corrected chi connectivity index (χ2v) is 8.10. The number of hydrogen-bond donors (Lipinski definition) is 1. The Bertz CT molecular complexity index is 656. The van der Waals surface area contributed by atoms with Crippen LogP contribution in [0.5, 0.6) is 0 Å². The van der Waals surface area contributed by atoms with Gasteiger partial charge in [-0.15, -0.1) is 0 Å². The van der Waals surface area contributed by atoms with Gasteiger partial charge in [-0.1, -0.05) is 43.7 Å². The van der Waals surface area contributed by atoms with Crippen molar-refractivity contribution >= 4 is 11.6 Å². The van der Waals surface area contributed by atoms with E-state index in [0.717, 1.165) is 38.5 Å². The van der Waals surface area contributed by atoms with Gasteiger partial charge >= 0.3 is 0 Å². The van der Waals surface area contributed by atoms with E-state index < -0.39 is 0 Å². The molecule has 0 spiro atoms. The zero-order valence-electron chi connectivity index (χ0n) is 15.8. The van der Waals surface area contributed by atoms with Gasteiger partial charge < -0.3 is 10.1 Å². The van der Waals surface area contributed by atoms with Crippen LogP contribution in [-0.2, 0) is 16.1 Å². The number of anilines is 1. The fourth-order valence-corrected chi connectivity index (χ4v) is 3.84. The van der Waals surface area contributed by atoms with Crippen molar-refractivity contribution in [3.63, 3.8) is 0 Å². The quantitative estimate of drug-likeness (QED) is 0.830. The van der Waals surface area contributed by atoms with Gasteiger partial charge in [-0.25, -0.2) is 0 Å². The number of nitrogens with zero attached hydrogens (tertiary/aromatic N) is 1. The maximum absolute atomic E-state index is 12.9. The zero-order valence-corrected chi connectivity index (χ0v) is 15.8. The first-order valence-electron chi connectivity index (χ1n) is 9.23. The summed E-state index contributed by atoms with van der Waals surface area (Å²) >= 11 is 0. The van der Waals surface area contributed by atoms with Crippen molar-refractivity contribution in [2.45, 2.75) is 34.2 Å². The Morgan fingerprint density at radius 1 is 1.28 bits per heavy atom. The van der Waals surface area contributed by atoms with Crippen molar-refractivity contribution in [3.05, 3.63) is 41.5 Å². The second kappa shape index (κ2) is 7.30. The van der Waals surface area contributed by atoms with Crippen LogP contribution >= 0.6 is 0 Å². The first-order chi connectivity index (χ1) is 11.9. The minimum absolute atomic E-state index is 0.0422. The highest BCUT2D eigenvalue weighted by Crippen LogP contribution is 2.59. The summed E-state index contributed by atoms with van der Waals surface area (Å²) < 4.78 is 5.42. The van der Waals surface area contributed by atoms with E-state index in [1.54, 1.807) is 0 Å². The monoisotopic (exact) mass is 342 g/mol. The SMILES string of the molecule is CC(C)=C[C@H]1[C@H](C(=O)Nc2ccccc2CN2CCOCC2)C1(C)C. The van der Waals surface area contributed by atoms with Crippen LogP contribution in [0.3, 0.4) is 0 Å². The minimum atomic E-state index is 0.0422. The van der Waals surface area contributed by atoms with Crippen LogP contribution < -0.4 is 5.32 Å². The van der Waals surface area contributed by atoms with E-state index in [4.69, 9.17) is 4.74 Å². The van der Waals surface area contributed by atoms with E-state index in [9.17, 15) is 4.79 Å². The molecule has 1 aliphatic carbocycles. The summed E-state index contributed by atoms with van der Waals surface area (Å²) in [4.78, 5) is 15.2. The average molecular weight is 342 g/mol. The second-order valence-electron chi connectivity index (χ2n) is 8.10. The van der Waals surface area contributed by atoms with Gasteiger partial charge in [0.25, 0.3) is 0 Å². The lowest BCUT2D eigenvalue weighted by Gasteiger charge is -2.27. The number of nitrogens with one attached hydrogen (secondary N) is 1. The first-order valence-corrected chi connectivity index (χ1v) is 9.23. The molecular weight excluding hydrogens is 312 g/mol.